The maximum absolute atomic E-state index is 5.34. The van der Waals surface area contributed by atoms with E-state index in [1.54, 1.807) is 0 Å². The largest absolute Gasteiger partial charge is 0.339 e. The van der Waals surface area contributed by atoms with Crippen molar-refractivity contribution in [1.29, 1.82) is 0 Å². The van der Waals surface area contributed by atoms with Crippen molar-refractivity contribution in [2.24, 2.45) is 0 Å². The minimum atomic E-state index is 0.407. The molecule has 1 atom stereocenters. The van der Waals surface area contributed by atoms with E-state index in [0.29, 0.717) is 11.8 Å². The third kappa shape index (κ3) is 2.37. The summed E-state index contributed by atoms with van der Waals surface area (Å²) in [5.74, 6) is 2.58. The Morgan fingerprint density at radius 2 is 2.20 bits per heavy atom. The molecule has 15 heavy (non-hydrogen) atoms. The average molecular weight is 209 g/mol. The molecule has 4 nitrogen and oxygen atoms in total. The molecule has 1 aliphatic heterocycles. The summed E-state index contributed by atoms with van der Waals surface area (Å²) in [5.41, 5.74) is 0. The second-order valence-corrected chi connectivity index (χ2v) is 4.32. The van der Waals surface area contributed by atoms with Crippen molar-refractivity contribution in [2.75, 3.05) is 13.1 Å². The summed E-state index contributed by atoms with van der Waals surface area (Å²) < 4.78 is 5.34. The lowest BCUT2D eigenvalue weighted by Gasteiger charge is -2.18. The van der Waals surface area contributed by atoms with Gasteiger partial charge >= 0.3 is 0 Å². The summed E-state index contributed by atoms with van der Waals surface area (Å²) in [7, 11) is 0. The van der Waals surface area contributed by atoms with Crippen LogP contribution in [0, 0.1) is 0 Å². The first-order valence-corrected chi connectivity index (χ1v) is 5.85. The van der Waals surface area contributed by atoms with Gasteiger partial charge in [-0.2, -0.15) is 4.98 Å². The van der Waals surface area contributed by atoms with Gasteiger partial charge in [-0.1, -0.05) is 19.0 Å². The van der Waals surface area contributed by atoms with E-state index in [0.717, 1.165) is 44.1 Å². The molecule has 1 unspecified atom stereocenters. The van der Waals surface area contributed by atoms with Crippen LogP contribution in [0.25, 0.3) is 0 Å². The fraction of sp³-hybridized carbons (Fsp3) is 0.818. The molecule has 0 amide bonds. The zero-order valence-corrected chi connectivity index (χ0v) is 9.49. The van der Waals surface area contributed by atoms with Crippen LogP contribution in [0.1, 0.15) is 56.7 Å². The first-order chi connectivity index (χ1) is 7.31. The molecule has 1 N–H and O–H groups in total. The summed E-state index contributed by atoms with van der Waals surface area (Å²) >= 11 is 0. The van der Waals surface area contributed by atoms with Gasteiger partial charge in [0, 0.05) is 11.8 Å². The summed E-state index contributed by atoms with van der Waals surface area (Å²) in [4.78, 5) is 4.50. The monoisotopic (exact) mass is 209 g/mol. The Balaban J connectivity index is 2.05. The molecule has 1 aromatic heterocycles. The first-order valence-electron chi connectivity index (χ1n) is 5.85. The van der Waals surface area contributed by atoms with Crippen LogP contribution in [0.4, 0.5) is 0 Å². The van der Waals surface area contributed by atoms with Crippen LogP contribution in [-0.2, 0) is 0 Å². The van der Waals surface area contributed by atoms with Crippen LogP contribution in [0.3, 0.4) is 0 Å². The van der Waals surface area contributed by atoms with E-state index in [-0.39, 0.29) is 0 Å². The Hall–Kier alpha value is -0.900. The number of nitrogens with one attached hydrogen (secondary N) is 1. The second-order valence-electron chi connectivity index (χ2n) is 4.32. The highest BCUT2D eigenvalue weighted by atomic mass is 16.5. The fourth-order valence-electron chi connectivity index (χ4n) is 1.86. The maximum atomic E-state index is 5.34. The summed E-state index contributed by atoms with van der Waals surface area (Å²) in [6.45, 7) is 6.40. The van der Waals surface area contributed by atoms with Crippen molar-refractivity contribution in [3.8, 4) is 0 Å². The molecule has 0 saturated carbocycles. The predicted molar refractivity (Wildman–Crippen MR) is 57.8 cm³/mol. The van der Waals surface area contributed by atoms with E-state index in [1.807, 2.05) is 0 Å². The Bertz CT molecular complexity index is 305. The van der Waals surface area contributed by atoms with Crippen LogP contribution in [0.5, 0.6) is 0 Å². The van der Waals surface area contributed by atoms with Crippen molar-refractivity contribution < 1.29 is 4.52 Å². The third-order valence-electron chi connectivity index (χ3n) is 3.20. The second kappa shape index (κ2) is 4.75. The molecule has 1 saturated heterocycles. The molecule has 1 aromatic rings. The zero-order chi connectivity index (χ0) is 10.7. The highest BCUT2D eigenvalue weighted by Gasteiger charge is 2.22. The van der Waals surface area contributed by atoms with Crippen molar-refractivity contribution in [3.63, 3.8) is 0 Å². The molecular formula is C11H19N3O. The van der Waals surface area contributed by atoms with Gasteiger partial charge in [0.05, 0.1) is 0 Å². The highest BCUT2D eigenvalue weighted by Crippen LogP contribution is 2.25. The van der Waals surface area contributed by atoms with Crippen LogP contribution >= 0.6 is 0 Å². The standard InChI is InChI=1S/C11H19N3O/c1-3-8(2)10-13-11(15-14-10)9-4-6-12-7-5-9/h8-9,12H,3-7H2,1-2H3. The van der Waals surface area contributed by atoms with E-state index in [2.05, 4.69) is 29.3 Å². The van der Waals surface area contributed by atoms with E-state index in [1.165, 1.54) is 0 Å². The minimum Gasteiger partial charge on any atom is -0.339 e. The predicted octanol–water partition coefficient (Wildman–Crippen LogP) is 2.05. The minimum absolute atomic E-state index is 0.407. The molecule has 84 valence electrons. The first kappa shape index (κ1) is 10.6. The quantitative estimate of drug-likeness (QED) is 0.827. The maximum Gasteiger partial charge on any atom is 0.229 e. The molecule has 0 radical (unpaired) electrons. The molecule has 1 fully saturated rings. The van der Waals surface area contributed by atoms with Gasteiger partial charge in [0.2, 0.25) is 5.89 Å². The van der Waals surface area contributed by atoms with Gasteiger partial charge in [0.25, 0.3) is 0 Å². The molecule has 1 aliphatic rings. The molecule has 0 aromatic carbocycles. The molecular weight excluding hydrogens is 190 g/mol. The molecule has 0 bridgehead atoms. The SMILES string of the molecule is CCC(C)c1noc(C2CCNCC2)n1. The summed E-state index contributed by atoms with van der Waals surface area (Å²) in [6, 6.07) is 0. The van der Waals surface area contributed by atoms with E-state index in [4.69, 9.17) is 4.52 Å². The van der Waals surface area contributed by atoms with E-state index in [9.17, 15) is 0 Å². The van der Waals surface area contributed by atoms with Gasteiger partial charge in [0.1, 0.15) is 0 Å². The Morgan fingerprint density at radius 3 is 2.87 bits per heavy atom. The smallest absolute Gasteiger partial charge is 0.229 e. The number of nitrogens with zero attached hydrogens (tertiary/aromatic N) is 2. The highest BCUT2D eigenvalue weighted by molar-refractivity contribution is 4.99. The Kier molecular flexibility index (Phi) is 3.36. The van der Waals surface area contributed by atoms with Crippen molar-refractivity contribution in [2.45, 2.75) is 44.9 Å². The van der Waals surface area contributed by atoms with Gasteiger partial charge in [-0.05, 0) is 32.4 Å². The topological polar surface area (TPSA) is 51.0 Å². The van der Waals surface area contributed by atoms with Gasteiger partial charge < -0.3 is 9.84 Å². The number of piperidine rings is 1. The zero-order valence-electron chi connectivity index (χ0n) is 9.49. The lowest BCUT2D eigenvalue weighted by molar-refractivity contribution is 0.317. The van der Waals surface area contributed by atoms with Crippen LogP contribution < -0.4 is 5.32 Å². The van der Waals surface area contributed by atoms with Gasteiger partial charge in [-0.3, -0.25) is 0 Å². The van der Waals surface area contributed by atoms with Gasteiger partial charge in [-0.15, -0.1) is 0 Å². The lowest BCUT2D eigenvalue weighted by atomic mass is 9.98. The van der Waals surface area contributed by atoms with Crippen LogP contribution in [-0.4, -0.2) is 23.2 Å². The number of hydrogen-bond donors (Lipinski definition) is 1. The van der Waals surface area contributed by atoms with Crippen LogP contribution in [0.15, 0.2) is 4.52 Å². The molecule has 2 heterocycles. The number of hydrogen-bond acceptors (Lipinski definition) is 4. The molecule has 4 heteroatoms. The van der Waals surface area contributed by atoms with Crippen molar-refractivity contribution in [1.82, 2.24) is 15.5 Å². The van der Waals surface area contributed by atoms with E-state index >= 15 is 0 Å². The van der Waals surface area contributed by atoms with E-state index < -0.39 is 0 Å². The number of aromatic nitrogens is 2. The van der Waals surface area contributed by atoms with Crippen molar-refractivity contribution >= 4 is 0 Å². The summed E-state index contributed by atoms with van der Waals surface area (Å²) in [5, 5.41) is 7.39. The average Bonchev–Trinajstić information content (AvgIpc) is 2.78. The summed E-state index contributed by atoms with van der Waals surface area (Å²) in [6.07, 6.45) is 3.29. The normalized spacial score (nSPS) is 20.4. The van der Waals surface area contributed by atoms with Gasteiger partial charge in [-0.25, -0.2) is 0 Å². The third-order valence-corrected chi connectivity index (χ3v) is 3.20. The molecule has 0 spiro atoms. The van der Waals surface area contributed by atoms with Crippen molar-refractivity contribution in [3.05, 3.63) is 11.7 Å². The van der Waals surface area contributed by atoms with Gasteiger partial charge in [0.15, 0.2) is 5.82 Å². The molecule has 2 rings (SSSR count). The fourth-order valence-corrected chi connectivity index (χ4v) is 1.86. The number of rotatable bonds is 3. The lowest BCUT2D eigenvalue weighted by Crippen LogP contribution is -2.26. The Morgan fingerprint density at radius 1 is 1.47 bits per heavy atom. The van der Waals surface area contributed by atoms with Crippen LogP contribution in [0.2, 0.25) is 0 Å². The molecule has 0 aliphatic carbocycles. The Labute approximate surface area is 90.4 Å².